The van der Waals surface area contributed by atoms with E-state index < -0.39 is 40.3 Å². The molecule has 0 aliphatic carbocycles. The molecular formula is C21H15ClF3NO7S2. The van der Waals surface area contributed by atoms with Gasteiger partial charge in [0.25, 0.3) is 10.0 Å². The Balaban J connectivity index is 1.90. The van der Waals surface area contributed by atoms with Crippen molar-refractivity contribution < 1.29 is 46.1 Å². The first-order chi connectivity index (χ1) is 16.2. The minimum absolute atomic E-state index is 0.118. The highest BCUT2D eigenvalue weighted by atomic mass is 35.5. The molecule has 0 aliphatic rings. The van der Waals surface area contributed by atoms with Crippen molar-refractivity contribution in [3.63, 3.8) is 0 Å². The molecule has 8 nitrogen and oxygen atoms in total. The van der Waals surface area contributed by atoms with Crippen molar-refractivity contribution in [2.45, 2.75) is 11.1 Å². The Kier molecular flexibility index (Phi) is 7.34. The van der Waals surface area contributed by atoms with Gasteiger partial charge in [0.15, 0.2) is 17.2 Å². The maximum atomic E-state index is 12.8. The van der Waals surface area contributed by atoms with E-state index in [1.807, 2.05) is 0 Å². The fraction of sp³-hybridized carbons (Fsp3) is 0.143. The van der Waals surface area contributed by atoms with E-state index in [2.05, 4.69) is 0 Å². The Hall–Kier alpha value is -3.29. The van der Waals surface area contributed by atoms with Crippen molar-refractivity contribution >= 4 is 50.6 Å². The number of hydrogen-bond acceptors (Lipinski definition) is 6. The third-order valence-corrected chi connectivity index (χ3v) is 8.16. The smallest absolute Gasteiger partial charge is 0.416 e. The van der Waals surface area contributed by atoms with Gasteiger partial charge in [-0.3, -0.25) is 4.31 Å². The number of hydrogen-bond donors (Lipinski definition) is 2. The molecule has 3 aromatic rings. The Morgan fingerprint density at radius 1 is 1.06 bits per heavy atom. The topological polar surface area (TPSA) is 121 Å². The van der Waals surface area contributed by atoms with E-state index in [-0.39, 0.29) is 31.1 Å². The molecule has 35 heavy (non-hydrogen) atoms. The lowest BCUT2D eigenvalue weighted by molar-refractivity contribution is -0.139. The first kappa shape index (κ1) is 26.3. The van der Waals surface area contributed by atoms with Gasteiger partial charge in [-0.1, -0.05) is 23.7 Å². The summed E-state index contributed by atoms with van der Waals surface area (Å²) in [5, 5.41) is 18.0. The predicted molar refractivity (Wildman–Crippen MR) is 122 cm³/mol. The zero-order chi connectivity index (χ0) is 26.1. The van der Waals surface area contributed by atoms with Crippen molar-refractivity contribution in [2.75, 3.05) is 18.0 Å². The van der Waals surface area contributed by atoms with E-state index in [9.17, 15) is 36.3 Å². The summed E-state index contributed by atoms with van der Waals surface area (Å²) in [5.41, 5.74) is -0.414. The number of carboxylic acids is 2. The number of anilines is 1. The van der Waals surface area contributed by atoms with E-state index in [1.165, 1.54) is 31.3 Å². The number of halogens is 4. The summed E-state index contributed by atoms with van der Waals surface area (Å²) in [6.07, 6.45) is -4.61. The third-order valence-electron chi connectivity index (χ3n) is 4.68. The second kappa shape index (κ2) is 9.76. The van der Waals surface area contributed by atoms with E-state index in [0.717, 1.165) is 27.8 Å². The van der Waals surface area contributed by atoms with Crippen molar-refractivity contribution in [2.24, 2.45) is 0 Å². The largest absolute Gasteiger partial charge is 0.479 e. The molecule has 2 aromatic carbocycles. The summed E-state index contributed by atoms with van der Waals surface area (Å²) in [6.45, 7) is -0.804. The summed E-state index contributed by atoms with van der Waals surface area (Å²) in [5.74, 6) is -3.00. The average molecular weight is 550 g/mol. The van der Waals surface area contributed by atoms with Gasteiger partial charge in [-0.05, 0) is 42.0 Å². The van der Waals surface area contributed by atoms with Gasteiger partial charge < -0.3 is 14.9 Å². The molecular weight excluding hydrogens is 535 g/mol. The number of sulfonamides is 1. The molecule has 0 atom stereocenters. The van der Waals surface area contributed by atoms with Gasteiger partial charge in [-0.15, -0.1) is 11.3 Å². The summed E-state index contributed by atoms with van der Waals surface area (Å²) in [6, 6.07) is 8.77. The van der Waals surface area contributed by atoms with Crippen molar-refractivity contribution in [1.82, 2.24) is 0 Å². The molecule has 2 N–H and O–H groups in total. The van der Waals surface area contributed by atoms with Crippen molar-refractivity contribution in [1.29, 1.82) is 0 Å². The fourth-order valence-corrected chi connectivity index (χ4v) is 5.53. The zero-order valence-corrected chi connectivity index (χ0v) is 19.9. The fourth-order valence-electron chi connectivity index (χ4n) is 2.92. The van der Waals surface area contributed by atoms with Gasteiger partial charge >= 0.3 is 18.1 Å². The highest BCUT2D eigenvalue weighted by Gasteiger charge is 2.31. The molecule has 0 bridgehead atoms. The summed E-state index contributed by atoms with van der Waals surface area (Å²) in [7, 11) is -2.96. The van der Waals surface area contributed by atoms with Crippen LogP contribution in [0.4, 0.5) is 18.9 Å². The summed E-state index contributed by atoms with van der Waals surface area (Å²) >= 11 is 6.98. The molecule has 0 unspecified atom stereocenters. The van der Waals surface area contributed by atoms with Gasteiger partial charge in [0.2, 0.25) is 0 Å². The number of carboxylic acid groups (broad SMARTS) is 2. The molecule has 0 aliphatic heterocycles. The summed E-state index contributed by atoms with van der Waals surface area (Å²) < 4.78 is 69.9. The quantitative estimate of drug-likeness (QED) is 0.402. The van der Waals surface area contributed by atoms with Crippen LogP contribution in [0.3, 0.4) is 0 Å². The predicted octanol–water partition coefficient (Wildman–Crippen LogP) is 5.07. The standard InChI is InChI=1S/C21H15ClF3NO7S2/c1-26(35(31,32)14-8-4-12(5-9-14)21(23,24)25)13-6-2-11(3-7-13)18-16(22)17(33-10-15(27)28)19(34-18)20(29)30/h2-9H,10H2,1H3,(H,27,28)(H,29,30). The van der Waals surface area contributed by atoms with Crippen LogP contribution < -0.4 is 9.04 Å². The van der Waals surface area contributed by atoms with Crippen LogP contribution in [0.25, 0.3) is 10.4 Å². The van der Waals surface area contributed by atoms with E-state index >= 15 is 0 Å². The zero-order valence-electron chi connectivity index (χ0n) is 17.5. The number of alkyl halides is 3. The van der Waals surface area contributed by atoms with Gasteiger partial charge in [-0.2, -0.15) is 13.2 Å². The van der Waals surface area contributed by atoms with Gasteiger partial charge in [0, 0.05) is 7.05 Å². The molecule has 3 rings (SSSR count). The van der Waals surface area contributed by atoms with Gasteiger partial charge in [-0.25, -0.2) is 18.0 Å². The van der Waals surface area contributed by atoms with Crippen molar-refractivity contribution in [3.8, 4) is 16.2 Å². The number of ether oxygens (including phenoxy) is 1. The number of thiophene rings is 1. The van der Waals surface area contributed by atoms with E-state index in [0.29, 0.717) is 17.7 Å². The van der Waals surface area contributed by atoms with Gasteiger partial charge in [0.1, 0.15) is 5.02 Å². The molecule has 0 radical (unpaired) electrons. The normalized spacial score (nSPS) is 11.8. The van der Waals surface area contributed by atoms with Crippen LogP contribution >= 0.6 is 22.9 Å². The second-order valence-electron chi connectivity index (χ2n) is 6.93. The second-order valence-corrected chi connectivity index (χ2v) is 10.3. The summed E-state index contributed by atoms with van der Waals surface area (Å²) in [4.78, 5) is 21.9. The van der Waals surface area contributed by atoms with Crippen LogP contribution in [0.15, 0.2) is 53.4 Å². The van der Waals surface area contributed by atoms with Crippen LogP contribution in [0.5, 0.6) is 5.75 Å². The van der Waals surface area contributed by atoms with E-state index in [4.69, 9.17) is 21.4 Å². The number of aromatic carboxylic acids is 1. The molecule has 1 aromatic heterocycles. The maximum Gasteiger partial charge on any atom is 0.416 e. The number of nitrogens with zero attached hydrogens (tertiary/aromatic N) is 1. The molecule has 0 amide bonds. The Morgan fingerprint density at radius 2 is 1.63 bits per heavy atom. The van der Waals surface area contributed by atoms with Gasteiger partial charge in [0.05, 0.1) is 21.0 Å². The number of aliphatic carboxylic acids is 1. The lowest BCUT2D eigenvalue weighted by Crippen LogP contribution is -2.26. The monoisotopic (exact) mass is 549 g/mol. The molecule has 1 heterocycles. The van der Waals surface area contributed by atoms with Crippen molar-refractivity contribution in [3.05, 3.63) is 64.0 Å². The highest BCUT2D eigenvalue weighted by Crippen LogP contribution is 2.45. The van der Waals surface area contributed by atoms with Crippen LogP contribution in [0.1, 0.15) is 15.2 Å². The molecule has 0 saturated heterocycles. The average Bonchev–Trinajstić information content (AvgIpc) is 3.13. The molecule has 0 saturated carbocycles. The highest BCUT2D eigenvalue weighted by molar-refractivity contribution is 7.92. The molecule has 186 valence electrons. The Morgan fingerprint density at radius 3 is 2.11 bits per heavy atom. The minimum atomic E-state index is -4.61. The molecule has 14 heteroatoms. The third kappa shape index (κ3) is 5.52. The number of benzene rings is 2. The first-order valence-electron chi connectivity index (χ1n) is 9.40. The van der Waals surface area contributed by atoms with E-state index in [1.54, 1.807) is 0 Å². The number of carbonyl (C=O) groups is 2. The van der Waals surface area contributed by atoms with Crippen LogP contribution in [-0.2, 0) is 21.0 Å². The number of rotatable bonds is 8. The lowest BCUT2D eigenvalue weighted by atomic mass is 10.1. The Bertz CT molecular complexity index is 1370. The lowest BCUT2D eigenvalue weighted by Gasteiger charge is -2.20. The van der Waals surface area contributed by atoms with Crippen LogP contribution in [0, 0.1) is 0 Å². The minimum Gasteiger partial charge on any atom is -0.479 e. The van der Waals surface area contributed by atoms with Crippen LogP contribution in [0.2, 0.25) is 5.02 Å². The molecule has 0 fully saturated rings. The maximum absolute atomic E-state index is 12.8. The van der Waals surface area contributed by atoms with Crippen LogP contribution in [-0.4, -0.2) is 44.2 Å². The SMILES string of the molecule is CN(c1ccc(-c2sc(C(=O)O)c(OCC(=O)O)c2Cl)cc1)S(=O)(=O)c1ccc(C(F)(F)F)cc1. The first-order valence-corrected chi connectivity index (χ1v) is 12.0. The molecule has 0 spiro atoms. The Labute approximate surface area is 205 Å².